The second-order valence-electron chi connectivity index (χ2n) is 4.87. The first-order valence-electron chi connectivity index (χ1n) is 6.21. The summed E-state index contributed by atoms with van der Waals surface area (Å²) in [4.78, 5) is 2.23. The van der Waals surface area contributed by atoms with E-state index < -0.39 is 0 Å². The zero-order valence-electron chi connectivity index (χ0n) is 11.0. The molecule has 2 heteroatoms. The van der Waals surface area contributed by atoms with Crippen molar-refractivity contribution in [1.29, 1.82) is 0 Å². The molecule has 0 bridgehead atoms. The molecule has 0 unspecified atom stereocenters. The van der Waals surface area contributed by atoms with Crippen LogP contribution in [0.2, 0.25) is 0 Å². The number of aromatic nitrogens is 1. The lowest BCUT2D eigenvalue weighted by Crippen LogP contribution is -2.35. The highest BCUT2D eigenvalue weighted by Gasteiger charge is 2.09. The number of pyridine rings is 1. The number of para-hydroxylation sites is 1. The fourth-order valence-corrected chi connectivity index (χ4v) is 2.18. The largest absolute Gasteiger partial charge is 0.309 e. The fourth-order valence-electron chi connectivity index (χ4n) is 2.18. The molecule has 0 spiro atoms. The van der Waals surface area contributed by atoms with E-state index in [1.807, 2.05) is 0 Å². The summed E-state index contributed by atoms with van der Waals surface area (Å²) in [6.07, 6.45) is 3.39. The summed E-state index contributed by atoms with van der Waals surface area (Å²) in [5.41, 5.74) is 2.69. The molecule has 1 aromatic carbocycles. The number of rotatable bonds is 4. The zero-order chi connectivity index (χ0) is 12.3. The maximum atomic E-state index is 2.35. The standard InChI is InChI=1S/C15H21N2/c1-13-9-12-17(11-6-10-16(2)3)15-8-5-4-7-14(13)15/h4-5,7-9,12H,6,10-11H2,1-3H3/q+1. The first kappa shape index (κ1) is 12.1. The van der Waals surface area contributed by atoms with Gasteiger partial charge in [-0.25, -0.2) is 0 Å². The molecule has 0 atom stereocenters. The molecule has 0 amide bonds. The van der Waals surface area contributed by atoms with Crippen molar-refractivity contribution in [2.75, 3.05) is 20.6 Å². The Bertz CT molecular complexity index is 503. The predicted molar refractivity (Wildman–Crippen MR) is 72.1 cm³/mol. The Kier molecular flexibility index (Phi) is 3.75. The van der Waals surface area contributed by atoms with Crippen LogP contribution in [0.1, 0.15) is 12.0 Å². The zero-order valence-corrected chi connectivity index (χ0v) is 11.0. The van der Waals surface area contributed by atoms with Crippen LogP contribution in [-0.4, -0.2) is 25.5 Å². The minimum Gasteiger partial charge on any atom is -0.309 e. The average molecular weight is 229 g/mol. The monoisotopic (exact) mass is 229 g/mol. The fraction of sp³-hybridized carbons (Fsp3) is 0.400. The van der Waals surface area contributed by atoms with Crippen LogP contribution in [-0.2, 0) is 6.54 Å². The van der Waals surface area contributed by atoms with Gasteiger partial charge in [0.05, 0.1) is 0 Å². The average Bonchev–Trinajstić information content (AvgIpc) is 2.32. The van der Waals surface area contributed by atoms with Crippen LogP contribution in [0.4, 0.5) is 0 Å². The van der Waals surface area contributed by atoms with Gasteiger partial charge in [-0.1, -0.05) is 12.1 Å². The summed E-state index contributed by atoms with van der Waals surface area (Å²) in [7, 11) is 4.25. The molecule has 0 aliphatic rings. The van der Waals surface area contributed by atoms with E-state index >= 15 is 0 Å². The number of benzene rings is 1. The van der Waals surface area contributed by atoms with Crippen molar-refractivity contribution in [3.8, 4) is 0 Å². The molecule has 17 heavy (non-hydrogen) atoms. The van der Waals surface area contributed by atoms with Crippen LogP contribution >= 0.6 is 0 Å². The minimum atomic E-state index is 1.08. The maximum Gasteiger partial charge on any atom is 0.212 e. The molecular formula is C15H21N2+. The van der Waals surface area contributed by atoms with Gasteiger partial charge in [-0.05, 0) is 32.6 Å². The third-order valence-corrected chi connectivity index (χ3v) is 3.15. The first-order chi connectivity index (χ1) is 8.18. The molecule has 2 nitrogen and oxygen atoms in total. The van der Waals surface area contributed by atoms with E-state index in [2.05, 4.69) is 67.0 Å². The lowest BCUT2D eigenvalue weighted by molar-refractivity contribution is -0.671. The topological polar surface area (TPSA) is 7.12 Å². The number of nitrogens with zero attached hydrogens (tertiary/aromatic N) is 2. The smallest absolute Gasteiger partial charge is 0.212 e. The van der Waals surface area contributed by atoms with Gasteiger partial charge in [0.25, 0.3) is 0 Å². The second kappa shape index (κ2) is 5.28. The van der Waals surface area contributed by atoms with E-state index in [1.54, 1.807) is 0 Å². The van der Waals surface area contributed by atoms with Crippen molar-refractivity contribution >= 4 is 10.9 Å². The first-order valence-corrected chi connectivity index (χ1v) is 6.21. The van der Waals surface area contributed by atoms with E-state index in [9.17, 15) is 0 Å². The third-order valence-electron chi connectivity index (χ3n) is 3.15. The Balaban J connectivity index is 2.26. The summed E-state index contributed by atoms with van der Waals surface area (Å²) in [6.45, 7) is 4.39. The Morgan fingerprint density at radius 3 is 2.65 bits per heavy atom. The lowest BCUT2D eigenvalue weighted by atomic mass is 10.1. The molecule has 0 saturated heterocycles. The normalized spacial score (nSPS) is 11.3. The van der Waals surface area contributed by atoms with Crippen molar-refractivity contribution in [2.45, 2.75) is 19.9 Å². The van der Waals surface area contributed by atoms with Gasteiger partial charge in [0.2, 0.25) is 5.52 Å². The molecule has 0 N–H and O–H groups in total. The molecular weight excluding hydrogens is 208 g/mol. The summed E-state index contributed by atoms with van der Waals surface area (Å²) in [5, 5.41) is 1.36. The van der Waals surface area contributed by atoms with Crippen molar-refractivity contribution < 1.29 is 4.57 Å². The van der Waals surface area contributed by atoms with Gasteiger partial charge in [-0.2, -0.15) is 4.57 Å². The number of hydrogen-bond acceptors (Lipinski definition) is 1. The Hall–Kier alpha value is -1.41. The maximum absolute atomic E-state index is 2.35. The second-order valence-corrected chi connectivity index (χ2v) is 4.87. The quantitative estimate of drug-likeness (QED) is 0.730. The molecule has 2 rings (SSSR count). The van der Waals surface area contributed by atoms with E-state index in [0.29, 0.717) is 0 Å². The highest BCUT2D eigenvalue weighted by molar-refractivity contribution is 5.78. The highest BCUT2D eigenvalue weighted by Crippen LogP contribution is 2.13. The van der Waals surface area contributed by atoms with E-state index in [1.165, 1.54) is 22.9 Å². The SMILES string of the molecule is Cc1cc[n+](CCCN(C)C)c2ccccc12. The Labute approximate surface area is 103 Å². The van der Waals surface area contributed by atoms with Crippen LogP contribution in [0.25, 0.3) is 10.9 Å². The van der Waals surface area contributed by atoms with Gasteiger partial charge in [0.15, 0.2) is 6.20 Å². The van der Waals surface area contributed by atoms with Crippen molar-refractivity contribution in [1.82, 2.24) is 4.90 Å². The highest BCUT2D eigenvalue weighted by atomic mass is 15.1. The molecule has 0 saturated carbocycles. The van der Waals surface area contributed by atoms with E-state index in [0.717, 1.165) is 13.1 Å². The number of fused-ring (bicyclic) bond motifs is 1. The van der Waals surface area contributed by atoms with Crippen molar-refractivity contribution in [2.24, 2.45) is 0 Å². The molecule has 0 aliphatic heterocycles. The Morgan fingerprint density at radius 1 is 1.12 bits per heavy atom. The van der Waals surface area contributed by atoms with Crippen LogP contribution in [0.3, 0.4) is 0 Å². The molecule has 0 fully saturated rings. The van der Waals surface area contributed by atoms with Gasteiger partial charge < -0.3 is 4.90 Å². The molecule has 0 radical (unpaired) electrons. The summed E-state index contributed by atoms with van der Waals surface area (Å²) in [5.74, 6) is 0. The van der Waals surface area contributed by atoms with Gasteiger partial charge in [0, 0.05) is 30.5 Å². The molecule has 2 aromatic rings. The van der Waals surface area contributed by atoms with Crippen LogP contribution < -0.4 is 4.57 Å². The number of hydrogen-bond donors (Lipinski definition) is 0. The van der Waals surface area contributed by atoms with Crippen molar-refractivity contribution in [3.05, 3.63) is 42.1 Å². The minimum absolute atomic E-state index is 1.08. The van der Waals surface area contributed by atoms with E-state index in [4.69, 9.17) is 0 Å². The number of aryl methyl sites for hydroxylation is 2. The van der Waals surface area contributed by atoms with Gasteiger partial charge in [-0.3, -0.25) is 0 Å². The van der Waals surface area contributed by atoms with Crippen LogP contribution in [0.5, 0.6) is 0 Å². The Morgan fingerprint density at radius 2 is 1.88 bits per heavy atom. The van der Waals surface area contributed by atoms with Gasteiger partial charge in [-0.15, -0.1) is 0 Å². The van der Waals surface area contributed by atoms with Gasteiger partial charge >= 0.3 is 0 Å². The van der Waals surface area contributed by atoms with E-state index in [-0.39, 0.29) is 0 Å². The predicted octanol–water partition coefficient (Wildman–Crippen LogP) is 2.39. The van der Waals surface area contributed by atoms with Crippen LogP contribution in [0.15, 0.2) is 36.5 Å². The van der Waals surface area contributed by atoms with Crippen LogP contribution in [0, 0.1) is 6.92 Å². The molecule has 1 aromatic heterocycles. The summed E-state index contributed by atoms with van der Waals surface area (Å²) < 4.78 is 2.35. The summed E-state index contributed by atoms with van der Waals surface area (Å²) in [6, 6.07) is 10.8. The molecule has 0 aliphatic carbocycles. The lowest BCUT2D eigenvalue weighted by Gasteiger charge is -2.08. The summed E-state index contributed by atoms with van der Waals surface area (Å²) >= 11 is 0. The van der Waals surface area contributed by atoms with Crippen molar-refractivity contribution in [3.63, 3.8) is 0 Å². The molecule has 90 valence electrons. The third kappa shape index (κ3) is 2.83. The van der Waals surface area contributed by atoms with Gasteiger partial charge in [0.1, 0.15) is 6.54 Å². The molecule has 1 heterocycles.